The van der Waals surface area contributed by atoms with Gasteiger partial charge in [0.1, 0.15) is 12.4 Å². The van der Waals surface area contributed by atoms with Gasteiger partial charge in [-0.15, -0.1) is 0 Å². The highest BCUT2D eigenvalue weighted by molar-refractivity contribution is 9.39. The molecule has 0 aromatic heterocycles. The Morgan fingerprint density at radius 2 is 1.90 bits per heavy atom. The highest BCUT2D eigenvalue weighted by Gasteiger charge is 2.53. The fourth-order valence-electron chi connectivity index (χ4n) is 1.61. The topological polar surface area (TPSA) is 44.8 Å². The quantitative estimate of drug-likeness (QED) is 0.495. The standard InChI is InChI=1S/C13H13Br3O4/c1-8-3-5-9(6-4-8)18-7-12(2)10(17)19-11(20-12)13(14,15)16/h3-6,11H,7H2,1-2H3/t11?,12-/m0/s1. The molecule has 0 amide bonds. The van der Waals surface area contributed by atoms with Crippen molar-refractivity contribution in [1.29, 1.82) is 0 Å². The van der Waals surface area contributed by atoms with E-state index in [4.69, 9.17) is 14.2 Å². The molecule has 1 aromatic rings. The SMILES string of the molecule is Cc1ccc(OC[C@]2(C)OC(C(Br)(Br)Br)OC2=O)cc1. The molecule has 0 bridgehead atoms. The largest absolute Gasteiger partial charge is 0.490 e. The van der Waals surface area contributed by atoms with Crippen LogP contribution in [0.2, 0.25) is 0 Å². The van der Waals surface area contributed by atoms with Crippen LogP contribution >= 0.6 is 47.8 Å². The number of ether oxygens (including phenoxy) is 3. The minimum absolute atomic E-state index is 0.0779. The van der Waals surface area contributed by atoms with E-state index in [0.29, 0.717) is 5.75 Å². The molecule has 7 heteroatoms. The van der Waals surface area contributed by atoms with E-state index in [1.807, 2.05) is 31.2 Å². The highest BCUT2D eigenvalue weighted by atomic mass is 80.0. The Kier molecular flexibility index (Phi) is 4.83. The number of cyclic esters (lactones) is 1. The Morgan fingerprint density at radius 3 is 2.40 bits per heavy atom. The van der Waals surface area contributed by atoms with Crippen LogP contribution in [0.5, 0.6) is 5.75 Å². The zero-order chi connectivity index (χ0) is 15.0. The van der Waals surface area contributed by atoms with Crippen molar-refractivity contribution in [2.24, 2.45) is 0 Å². The van der Waals surface area contributed by atoms with Gasteiger partial charge in [-0.25, -0.2) is 4.79 Å². The van der Waals surface area contributed by atoms with Gasteiger partial charge in [0.25, 0.3) is 0 Å². The molecule has 1 saturated heterocycles. The van der Waals surface area contributed by atoms with Gasteiger partial charge in [-0.2, -0.15) is 0 Å². The van der Waals surface area contributed by atoms with Gasteiger partial charge in [-0.1, -0.05) is 65.5 Å². The van der Waals surface area contributed by atoms with Crippen LogP contribution in [0.4, 0.5) is 0 Å². The molecular weight excluding hydrogens is 460 g/mol. The molecule has 0 aliphatic carbocycles. The van der Waals surface area contributed by atoms with E-state index in [2.05, 4.69) is 47.8 Å². The minimum Gasteiger partial charge on any atom is -0.490 e. The third kappa shape index (κ3) is 3.75. The van der Waals surface area contributed by atoms with Gasteiger partial charge in [-0.3, -0.25) is 0 Å². The van der Waals surface area contributed by atoms with Crippen LogP contribution < -0.4 is 4.74 Å². The van der Waals surface area contributed by atoms with E-state index in [-0.39, 0.29) is 6.61 Å². The molecule has 1 fully saturated rings. The monoisotopic (exact) mass is 470 g/mol. The molecule has 2 atom stereocenters. The minimum atomic E-state index is -1.14. The van der Waals surface area contributed by atoms with Crippen molar-refractivity contribution in [2.45, 2.75) is 27.9 Å². The van der Waals surface area contributed by atoms with Crippen molar-refractivity contribution in [2.75, 3.05) is 6.61 Å². The number of carbonyl (C=O) groups is 1. The molecule has 1 unspecified atom stereocenters. The second kappa shape index (κ2) is 5.94. The smallest absolute Gasteiger partial charge is 0.344 e. The Bertz CT molecular complexity index is 497. The molecule has 2 rings (SSSR count). The fraction of sp³-hybridized carbons (Fsp3) is 0.462. The maximum Gasteiger partial charge on any atom is 0.344 e. The third-order valence-corrected chi connectivity index (χ3v) is 3.94. The van der Waals surface area contributed by atoms with E-state index < -0.39 is 20.0 Å². The van der Waals surface area contributed by atoms with E-state index in [1.165, 1.54) is 0 Å². The number of carbonyl (C=O) groups excluding carboxylic acids is 1. The summed E-state index contributed by atoms with van der Waals surface area (Å²) in [4.78, 5) is 11.9. The van der Waals surface area contributed by atoms with Crippen molar-refractivity contribution < 1.29 is 19.0 Å². The third-order valence-electron chi connectivity index (χ3n) is 2.82. The van der Waals surface area contributed by atoms with Crippen molar-refractivity contribution in [1.82, 2.24) is 0 Å². The van der Waals surface area contributed by atoms with Crippen LogP contribution in [-0.2, 0) is 14.3 Å². The molecular formula is C13H13Br3O4. The summed E-state index contributed by atoms with van der Waals surface area (Å²) in [6.45, 7) is 3.71. The first kappa shape index (κ1) is 16.3. The fourth-order valence-corrected chi connectivity index (χ4v) is 2.17. The second-order valence-corrected chi connectivity index (χ2v) is 11.7. The lowest BCUT2D eigenvalue weighted by atomic mass is 10.1. The van der Waals surface area contributed by atoms with E-state index in [9.17, 15) is 4.79 Å². The first-order valence-electron chi connectivity index (χ1n) is 5.86. The maximum atomic E-state index is 11.9. The lowest BCUT2D eigenvalue weighted by molar-refractivity contribution is -0.145. The van der Waals surface area contributed by atoms with Crippen LogP contribution in [0.1, 0.15) is 12.5 Å². The zero-order valence-electron chi connectivity index (χ0n) is 10.9. The molecule has 0 radical (unpaired) electrons. The number of hydrogen-bond donors (Lipinski definition) is 0. The Morgan fingerprint density at radius 1 is 1.30 bits per heavy atom. The molecule has 20 heavy (non-hydrogen) atoms. The molecule has 0 saturated carbocycles. The summed E-state index contributed by atoms with van der Waals surface area (Å²) < 4.78 is 15.6. The molecule has 1 aliphatic rings. The molecule has 1 aliphatic heterocycles. The van der Waals surface area contributed by atoms with Gasteiger partial charge in [0, 0.05) is 0 Å². The van der Waals surface area contributed by atoms with Gasteiger partial charge in [0.2, 0.25) is 6.29 Å². The molecule has 0 spiro atoms. The first-order valence-corrected chi connectivity index (χ1v) is 8.24. The van der Waals surface area contributed by atoms with Crippen LogP contribution in [0.3, 0.4) is 0 Å². The summed E-state index contributed by atoms with van der Waals surface area (Å²) in [6, 6.07) is 7.57. The predicted octanol–water partition coefficient (Wildman–Crippen LogP) is 3.87. The normalized spacial score (nSPS) is 26.4. The van der Waals surface area contributed by atoms with Gasteiger partial charge in [-0.05, 0) is 26.0 Å². The lowest BCUT2D eigenvalue weighted by Crippen LogP contribution is -2.40. The van der Waals surface area contributed by atoms with E-state index in [1.54, 1.807) is 6.92 Å². The van der Waals surface area contributed by atoms with Crippen LogP contribution in [-0.4, -0.2) is 26.6 Å². The summed E-state index contributed by atoms with van der Waals surface area (Å²) >= 11 is 9.84. The van der Waals surface area contributed by atoms with Gasteiger partial charge in [0.15, 0.2) is 7.74 Å². The highest BCUT2D eigenvalue weighted by Crippen LogP contribution is 2.44. The average molecular weight is 473 g/mol. The summed E-state index contributed by atoms with van der Waals surface area (Å²) in [5, 5.41) is 0. The van der Waals surface area contributed by atoms with Gasteiger partial charge >= 0.3 is 5.97 Å². The number of aryl methyl sites for hydroxylation is 1. The first-order chi connectivity index (χ1) is 9.21. The Labute approximate surface area is 142 Å². The van der Waals surface area contributed by atoms with Crippen molar-refractivity contribution >= 4 is 53.8 Å². The van der Waals surface area contributed by atoms with Gasteiger partial charge < -0.3 is 14.2 Å². The van der Waals surface area contributed by atoms with E-state index in [0.717, 1.165) is 5.56 Å². The zero-order valence-corrected chi connectivity index (χ0v) is 15.6. The van der Waals surface area contributed by atoms with Crippen LogP contribution in [0.25, 0.3) is 0 Å². The van der Waals surface area contributed by atoms with Crippen molar-refractivity contribution in [3.8, 4) is 5.75 Å². The number of esters is 1. The average Bonchev–Trinajstić information content (AvgIpc) is 2.66. The number of rotatable bonds is 3. The Balaban J connectivity index is 2.01. The van der Waals surface area contributed by atoms with Crippen LogP contribution in [0, 0.1) is 6.92 Å². The summed E-state index contributed by atoms with van der Waals surface area (Å²) in [5.41, 5.74) is -0.00126. The number of alkyl halides is 3. The molecule has 0 N–H and O–H groups in total. The predicted molar refractivity (Wildman–Crippen MR) is 85.6 cm³/mol. The molecule has 1 heterocycles. The summed E-state index contributed by atoms with van der Waals surface area (Å²) in [5.74, 6) is 0.219. The number of benzene rings is 1. The summed E-state index contributed by atoms with van der Waals surface area (Å²) in [7, 11) is 0. The number of hydrogen-bond acceptors (Lipinski definition) is 4. The summed E-state index contributed by atoms with van der Waals surface area (Å²) in [6.07, 6.45) is -0.790. The van der Waals surface area contributed by atoms with Crippen molar-refractivity contribution in [3.63, 3.8) is 0 Å². The lowest BCUT2D eigenvalue weighted by Gasteiger charge is -2.22. The van der Waals surface area contributed by atoms with Gasteiger partial charge in [0.05, 0.1) is 0 Å². The Hall–Kier alpha value is -0.110. The molecule has 110 valence electrons. The molecule has 1 aromatic carbocycles. The second-order valence-electron chi connectivity index (χ2n) is 4.73. The van der Waals surface area contributed by atoms with Crippen molar-refractivity contribution in [3.05, 3.63) is 29.8 Å². The maximum absolute atomic E-state index is 11.9. The van der Waals surface area contributed by atoms with Crippen LogP contribution in [0.15, 0.2) is 24.3 Å². The molecule has 4 nitrogen and oxygen atoms in total. The van der Waals surface area contributed by atoms with E-state index >= 15 is 0 Å². The number of halogens is 3.